The van der Waals surface area contributed by atoms with Crippen molar-refractivity contribution in [2.24, 2.45) is 0 Å². The minimum absolute atomic E-state index is 0.0828. The first-order valence-corrected chi connectivity index (χ1v) is 6.91. The van der Waals surface area contributed by atoms with E-state index in [1.54, 1.807) is 4.31 Å². The molecule has 2 aliphatic rings. The fraction of sp³-hybridized carbons (Fsp3) is 1.00. The summed E-state index contributed by atoms with van der Waals surface area (Å²) in [6, 6.07) is 0. The molecule has 2 fully saturated rings. The van der Waals surface area contributed by atoms with E-state index in [4.69, 9.17) is 0 Å². The van der Waals surface area contributed by atoms with Crippen LogP contribution in [-0.4, -0.2) is 44.2 Å². The van der Waals surface area contributed by atoms with Crippen molar-refractivity contribution in [1.82, 2.24) is 9.62 Å². The Balaban J connectivity index is 2.05. The zero-order chi connectivity index (χ0) is 10.0. The molecular weight excluding hydrogens is 200 g/mol. The third-order valence-corrected chi connectivity index (χ3v) is 5.56. The summed E-state index contributed by atoms with van der Waals surface area (Å²) in [6.45, 7) is 2.90. The molecule has 1 heterocycles. The van der Waals surface area contributed by atoms with Crippen molar-refractivity contribution < 1.29 is 8.42 Å². The van der Waals surface area contributed by atoms with Crippen molar-refractivity contribution >= 4 is 10.0 Å². The van der Waals surface area contributed by atoms with Crippen LogP contribution in [0.1, 0.15) is 25.7 Å². The van der Waals surface area contributed by atoms with Gasteiger partial charge in [0.15, 0.2) is 0 Å². The van der Waals surface area contributed by atoms with Gasteiger partial charge in [0.1, 0.15) is 0 Å². The van der Waals surface area contributed by atoms with Gasteiger partial charge in [-0.25, -0.2) is 8.42 Å². The molecule has 0 bridgehead atoms. The van der Waals surface area contributed by atoms with Crippen LogP contribution in [-0.2, 0) is 10.0 Å². The zero-order valence-electron chi connectivity index (χ0n) is 8.41. The molecule has 0 amide bonds. The summed E-state index contributed by atoms with van der Waals surface area (Å²) in [5.41, 5.74) is 0. The molecule has 1 saturated heterocycles. The molecule has 1 N–H and O–H groups in total. The Bertz CT molecular complexity index is 277. The lowest BCUT2D eigenvalue weighted by Gasteiger charge is -2.29. The molecule has 0 aromatic rings. The summed E-state index contributed by atoms with van der Waals surface area (Å²) in [6.07, 6.45) is 3.89. The fourth-order valence-electron chi connectivity index (χ4n) is 2.30. The molecule has 1 aliphatic heterocycles. The zero-order valence-corrected chi connectivity index (χ0v) is 9.22. The molecule has 1 aliphatic carbocycles. The van der Waals surface area contributed by atoms with Crippen LogP contribution in [0.15, 0.2) is 0 Å². The monoisotopic (exact) mass is 218 g/mol. The van der Waals surface area contributed by atoms with Crippen LogP contribution >= 0.6 is 0 Å². The van der Waals surface area contributed by atoms with Crippen LogP contribution in [0.5, 0.6) is 0 Å². The number of rotatable bonds is 2. The van der Waals surface area contributed by atoms with Gasteiger partial charge in [0.05, 0.1) is 5.25 Å². The van der Waals surface area contributed by atoms with Crippen LogP contribution in [0.2, 0.25) is 0 Å². The molecule has 0 radical (unpaired) electrons. The highest BCUT2D eigenvalue weighted by Gasteiger charge is 2.34. The standard InChI is InChI=1S/C9H18N2O2S/c12-14(13,9-3-1-2-4-9)11-7-5-10-6-8-11/h9-10H,1-8H2. The van der Waals surface area contributed by atoms with Gasteiger partial charge in [-0.2, -0.15) is 4.31 Å². The molecule has 0 aromatic carbocycles. The highest BCUT2D eigenvalue weighted by Crippen LogP contribution is 2.27. The van der Waals surface area contributed by atoms with Gasteiger partial charge in [-0.1, -0.05) is 12.8 Å². The first-order valence-electron chi connectivity index (χ1n) is 5.41. The van der Waals surface area contributed by atoms with E-state index in [0.717, 1.165) is 38.8 Å². The maximum atomic E-state index is 12.1. The number of hydrogen-bond donors (Lipinski definition) is 1. The average Bonchev–Trinajstić information content (AvgIpc) is 2.72. The van der Waals surface area contributed by atoms with Gasteiger partial charge in [-0.05, 0) is 12.8 Å². The number of nitrogens with one attached hydrogen (secondary N) is 1. The van der Waals surface area contributed by atoms with Gasteiger partial charge >= 0.3 is 0 Å². The second-order valence-corrected chi connectivity index (χ2v) is 6.31. The van der Waals surface area contributed by atoms with Crippen LogP contribution in [0.25, 0.3) is 0 Å². The SMILES string of the molecule is O=S(=O)(C1CCCC1)N1CCNCC1. The fourth-order valence-corrected chi connectivity index (χ4v) is 4.34. The van der Waals surface area contributed by atoms with Gasteiger partial charge in [-0.3, -0.25) is 0 Å². The number of piperazine rings is 1. The highest BCUT2D eigenvalue weighted by atomic mass is 32.2. The van der Waals surface area contributed by atoms with Gasteiger partial charge in [0.2, 0.25) is 10.0 Å². The Kier molecular flexibility index (Phi) is 3.09. The van der Waals surface area contributed by atoms with Crippen molar-refractivity contribution in [3.05, 3.63) is 0 Å². The molecule has 0 unspecified atom stereocenters. The van der Waals surface area contributed by atoms with Gasteiger partial charge < -0.3 is 5.32 Å². The Morgan fingerprint density at radius 3 is 2.21 bits per heavy atom. The third-order valence-electron chi connectivity index (χ3n) is 3.16. The summed E-state index contributed by atoms with van der Waals surface area (Å²) in [7, 11) is -2.97. The molecule has 0 aromatic heterocycles. The van der Waals surface area contributed by atoms with Gasteiger partial charge in [0.25, 0.3) is 0 Å². The third kappa shape index (κ3) is 1.94. The predicted molar refractivity (Wildman–Crippen MR) is 55.6 cm³/mol. The van der Waals surface area contributed by atoms with E-state index in [-0.39, 0.29) is 5.25 Å². The first-order chi connectivity index (χ1) is 6.71. The van der Waals surface area contributed by atoms with Gasteiger partial charge in [0, 0.05) is 26.2 Å². The van der Waals surface area contributed by atoms with E-state index in [1.165, 1.54) is 0 Å². The smallest absolute Gasteiger partial charge is 0.217 e. The van der Waals surface area contributed by atoms with E-state index < -0.39 is 10.0 Å². The summed E-state index contributed by atoms with van der Waals surface area (Å²) in [4.78, 5) is 0. The lowest BCUT2D eigenvalue weighted by molar-refractivity contribution is 0.355. The van der Waals surface area contributed by atoms with E-state index >= 15 is 0 Å². The Morgan fingerprint density at radius 1 is 1.07 bits per heavy atom. The summed E-state index contributed by atoms with van der Waals surface area (Å²) >= 11 is 0. The maximum Gasteiger partial charge on any atom is 0.217 e. The van der Waals surface area contributed by atoms with Crippen molar-refractivity contribution in [2.75, 3.05) is 26.2 Å². The molecule has 1 saturated carbocycles. The normalized spacial score (nSPS) is 26.9. The van der Waals surface area contributed by atoms with Crippen LogP contribution in [0.4, 0.5) is 0 Å². The number of hydrogen-bond acceptors (Lipinski definition) is 3. The van der Waals surface area contributed by atoms with Crippen molar-refractivity contribution in [1.29, 1.82) is 0 Å². The Labute approximate surface area is 85.7 Å². The van der Waals surface area contributed by atoms with E-state index in [0.29, 0.717) is 13.1 Å². The van der Waals surface area contributed by atoms with Crippen LogP contribution < -0.4 is 5.32 Å². The molecule has 82 valence electrons. The molecule has 5 heteroatoms. The molecule has 14 heavy (non-hydrogen) atoms. The lowest BCUT2D eigenvalue weighted by atomic mass is 10.4. The summed E-state index contributed by atoms with van der Waals surface area (Å²) < 4.78 is 25.8. The molecule has 0 spiro atoms. The highest BCUT2D eigenvalue weighted by molar-refractivity contribution is 7.89. The minimum Gasteiger partial charge on any atom is -0.314 e. The molecule has 2 rings (SSSR count). The van der Waals surface area contributed by atoms with Gasteiger partial charge in [-0.15, -0.1) is 0 Å². The molecule has 4 nitrogen and oxygen atoms in total. The van der Waals surface area contributed by atoms with Crippen LogP contribution in [0.3, 0.4) is 0 Å². The van der Waals surface area contributed by atoms with Crippen molar-refractivity contribution in [3.63, 3.8) is 0 Å². The quantitative estimate of drug-likeness (QED) is 0.718. The topological polar surface area (TPSA) is 49.4 Å². The largest absolute Gasteiger partial charge is 0.314 e. The lowest BCUT2D eigenvalue weighted by Crippen LogP contribution is -2.48. The maximum absolute atomic E-state index is 12.1. The molecular formula is C9H18N2O2S. The van der Waals surface area contributed by atoms with E-state index in [9.17, 15) is 8.42 Å². The Morgan fingerprint density at radius 2 is 1.64 bits per heavy atom. The number of sulfonamides is 1. The molecule has 0 atom stereocenters. The minimum atomic E-state index is -2.97. The summed E-state index contributed by atoms with van der Waals surface area (Å²) in [5, 5.41) is 3.09. The van der Waals surface area contributed by atoms with Crippen molar-refractivity contribution in [3.8, 4) is 0 Å². The summed E-state index contributed by atoms with van der Waals surface area (Å²) in [5.74, 6) is 0. The second-order valence-electron chi connectivity index (χ2n) is 4.10. The number of nitrogens with zero attached hydrogens (tertiary/aromatic N) is 1. The first kappa shape index (κ1) is 10.4. The van der Waals surface area contributed by atoms with Crippen LogP contribution in [0, 0.1) is 0 Å². The van der Waals surface area contributed by atoms with E-state index in [2.05, 4.69) is 5.32 Å². The Hall–Kier alpha value is -0.130. The predicted octanol–water partition coefficient (Wildman–Crippen LogP) is 0.164. The van der Waals surface area contributed by atoms with E-state index in [1.807, 2.05) is 0 Å². The second kappa shape index (κ2) is 4.16. The van der Waals surface area contributed by atoms with Crippen molar-refractivity contribution in [2.45, 2.75) is 30.9 Å². The average molecular weight is 218 g/mol.